The van der Waals surface area contributed by atoms with Crippen LogP contribution in [0.2, 0.25) is 0 Å². The highest BCUT2D eigenvalue weighted by molar-refractivity contribution is 5.92. The van der Waals surface area contributed by atoms with Crippen LogP contribution in [0.3, 0.4) is 0 Å². The maximum atomic E-state index is 12.0. The van der Waals surface area contributed by atoms with Crippen molar-refractivity contribution in [2.45, 2.75) is 19.8 Å². The fourth-order valence-corrected chi connectivity index (χ4v) is 2.07. The first-order valence-corrected chi connectivity index (χ1v) is 6.85. The maximum Gasteiger partial charge on any atom is 0.228 e. The summed E-state index contributed by atoms with van der Waals surface area (Å²) in [5.74, 6) is -0.132. The minimum atomic E-state index is -0.120. The van der Waals surface area contributed by atoms with Crippen LogP contribution in [-0.4, -0.2) is 22.2 Å². The predicted octanol–water partition coefficient (Wildman–Crippen LogP) is 2.19. The van der Waals surface area contributed by atoms with Crippen LogP contribution in [0, 0.1) is 5.92 Å². The molecule has 3 N–H and O–H groups in total. The molecular formula is C15H20N4O. The standard InChI is InChI=1S/C15H20N4O/c1-2-4-12(11-16)15(20)18-13-5-7-14(8-6-13)19-10-3-9-17-19/h3,5-10,12H,2,4,11,16H2,1H3,(H,18,20). The van der Waals surface area contributed by atoms with Gasteiger partial charge in [-0.25, -0.2) is 4.68 Å². The molecule has 0 saturated carbocycles. The lowest BCUT2D eigenvalue weighted by Gasteiger charge is -2.14. The number of benzene rings is 1. The lowest BCUT2D eigenvalue weighted by Crippen LogP contribution is -2.29. The van der Waals surface area contributed by atoms with E-state index in [1.165, 1.54) is 0 Å². The molecule has 2 aromatic rings. The summed E-state index contributed by atoms with van der Waals surface area (Å²) in [5.41, 5.74) is 7.36. The molecule has 1 aromatic heterocycles. The van der Waals surface area contributed by atoms with Crippen LogP contribution in [0.1, 0.15) is 19.8 Å². The Hall–Kier alpha value is -2.14. The summed E-state index contributed by atoms with van der Waals surface area (Å²) >= 11 is 0. The summed E-state index contributed by atoms with van der Waals surface area (Å²) in [6.07, 6.45) is 5.37. The summed E-state index contributed by atoms with van der Waals surface area (Å²) < 4.78 is 1.77. The van der Waals surface area contributed by atoms with Crippen molar-refractivity contribution in [3.05, 3.63) is 42.7 Å². The van der Waals surface area contributed by atoms with Gasteiger partial charge >= 0.3 is 0 Å². The van der Waals surface area contributed by atoms with Gasteiger partial charge in [-0.15, -0.1) is 0 Å². The monoisotopic (exact) mass is 272 g/mol. The third-order valence-corrected chi connectivity index (χ3v) is 3.20. The van der Waals surface area contributed by atoms with Crippen LogP contribution < -0.4 is 11.1 Å². The number of nitrogens with zero attached hydrogens (tertiary/aromatic N) is 2. The molecule has 0 aliphatic heterocycles. The number of amides is 1. The molecule has 2 rings (SSSR count). The Kier molecular flexibility index (Phi) is 4.90. The van der Waals surface area contributed by atoms with Crippen LogP contribution >= 0.6 is 0 Å². The van der Waals surface area contributed by atoms with Crippen molar-refractivity contribution < 1.29 is 4.79 Å². The number of carbonyl (C=O) groups is 1. The van der Waals surface area contributed by atoms with E-state index in [4.69, 9.17) is 5.73 Å². The molecular weight excluding hydrogens is 252 g/mol. The average Bonchev–Trinajstić information content (AvgIpc) is 2.99. The highest BCUT2D eigenvalue weighted by atomic mass is 16.1. The fraction of sp³-hybridized carbons (Fsp3) is 0.333. The lowest BCUT2D eigenvalue weighted by atomic mass is 10.0. The Morgan fingerprint density at radius 3 is 2.70 bits per heavy atom. The van der Waals surface area contributed by atoms with E-state index in [2.05, 4.69) is 17.3 Å². The summed E-state index contributed by atoms with van der Waals surface area (Å²) in [6, 6.07) is 9.44. The van der Waals surface area contributed by atoms with Gasteiger partial charge in [0, 0.05) is 24.6 Å². The minimum Gasteiger partial charge on any atom is -0.330 e. The minimum absolute atomic E-state index is 0.0128. The molecule has 5 nitrogen and oxygen atoms in total. The Balaban J connectivity index is 2.02. The van der Waals surface area contributed by atoms with Crippen LogP contribution in [0.15, 0.2) is 42.7 Å². The molecule has 1 aromatic carbocycles. The Bertz CT molecular complexity index is 534. The SMILES string of the molecule is CCCC(CN)C(=O)Nc1ccc(-n2cccn2)cc1. The smallest absolute Gasteiger partial charge is 0.228 e. The molecule has 0 bridgehead atoms. The zero-order chi connectivity index (χ0) is 14.4. The van der Waals surface area contributed by atoms with Gasteiger partial charge in [-0.3, -0.25) is 4.79 Å². The number of hydrogen-bond acceptors (Lipinski definition) is 3. The Morgan fingerprint density at radius 1 is 1.40 bits per heavy atom. The second-order valence-electron chi connectivity index (χ2n) is 4.71. The largest absolute Gasteiger partial charge is 0.330 e. The molecule has 0 spiro atoms. The van der Waals surface area contributed by atoms with Gasteiger partial charge in [-0.05, 0) is 36.8 Å². The molecule has 1 amide bonds. The van der Waals surface area contributed by atoms with E-state index >= 15 is 0 Å². The molecule has 0 aliphatic rings. The van der Waals surface area contributed by atoms with Crippen molar-refractivity contribution in [2.75, 3.05) is 11.9 Å². The fourth-order valence-electron chi connectivity index (χ4n) is 2.07. The van der Waals surface area contributed by atoms with Gasteiger partial charge in [0.2, 0.25) is 5.91 Å². The zero-order valence-electron chi connectivity index (χ0n) is 11.6. The van der Waals surface area contributed by atoms with Gasteiger partial charge in [0.05, 0.1) is 11.6 Å². The number of anilines is 1. The summed E-state index contributed by atoms with van der Waals surface area (Å²) in [5, 5.41) is 7.06. The van der Waals surface area contributed by atoms with E-state index in [1.54, 1.807) is 10.9 Å². The third-order valence-electron chi connectivity index (χ3n) is 3.20. The van der Waals surface area contributed by atoms with Crippen LogP contribution in [0.5, 0.6) is 0 Å². The van der Waals surface area contributed by atoms with Crippen molar-refractivity contribution in [1.82, 2.24) is 9.78 Å². The van der Waals surface area contributed by atoms with E-state index in [-0.39, 0.29) is 11.8 Å². The molecule has 106 valence electrons. The lowest BCUT2D eigenvalue weighted by molar-refractivity contribution is -0.119. The third kappa shape index (κ3) is 3.45. The van der Waals surface area contributed by atoms with Gasteiger partial charge in [-0.1, -0.05) is 13.3 Å². The van der Waals surface area contributed by atoms with Gasteiger partial charge in [-0.2, -0.15) is 5.10 Å². The molecule has 0 fully saturated rings. The van der Waals surface area contributed by atoms with Crippen LogP contribution in [0.4, 0.5) is 5.69 Å². The Labute approximate surface area is 118 Å². The van der Waals surface area contributed by atoms with Crippen molar-refractivity contribution in [3.63, 3.8) is 0 Å². The second kappa shape index (κ2) is 6.86. The quantitative estimate of drug-likeness (QED) is 0.846. The topological polar surface area (TPSA) is 72.9 Å². The molecule has 5 heteroatoms. The normalized spacial score (nSPS) is 12.1. The highest BCUT2D eigenvalue weighted by Crippen LogP contribution is 2.14. The van der Waals surface area contributed by atoms with E-state index in [1.807, 2.05) is 36.5 Å². The number of rotatable bonds is 6. The number of aromatic nitrogens is 2. The molecule has 1 atom stereocenters. The van der Waals surface area contributed by atoms with Gasteiger partial charge in [0.15, 0.2) is 0 Å². The summed E-state index contributed by atoms with van der Waals surface area (Å²) in [6.45, 7) is 2.43. The average molecular weight is 272 g/mol. The Morgan fingerprint density at radius 2 is 2.15 bits per heavy atom. The van der Waals surface area contributed by atoms with Gasteiger partial charge < -0.3 is 11.1 Å². The highest BCUT2D eigenvalue weighted by Gasteiger charge is 2.15. The van der Waals surface area contributed by atoms with Crippen molar-refractivity contribution in [1.29, 1.82) is 0 Å². The predicted molar refractivity (Wildman–Crippen MR) is 79.6 cm³/mol. The maximum absolute atomic E-state index is 12.0. The number of nitrogens with one attached hydrogen (secondary N) is 1. The first kappa shape index (κ1) is 14.3. The number of carbonyl (C=O) groups excluding carboxylic acids is 1. The molecule has 0 saturated heterocycles. The molecule has 1 heterocycles. The molecule has 0 aliphatic carbocycles. The first-order chi connectivity index (χ1) is 9.74. The van der Waals surface area contributed by atoms with E-state index in [0.29, 0.717) is 6.54 Å². The van der Waals surface area contributed by atoms with Crippen molar-refractivity contribution >= 4 is 11.6 Å². The molecule has 20 heavy (non-hydrogen) atoms. The molecule has 1 unspecified atom stereocenters. The van der Waals surface area contributed by atoms with Gasteiger partial charge in [0.1, 0.15) is 0 Å². The summed E-state index contributed by atoms with van der Waals surface area (Å²) in [7, 11) is 0. The van der Waals surface area contributed by atoms with Crippen molar-refractivity contribution in [2.24, 2.45) is 11.7 Å². The van der Waals surface area contributed by atoms with Crippen LogP contribution in [-0.2, 0) is 4.79 Å². The molecule has 0 radical (unpaired) electrons. The number of hydrogen-bond donors (Lipinski definition) is 2. The second-order valence-corrected chi connectivity index (χ2v) is 4.71. The van der Waals surface area contributed by atoms with E-state index in [0.717, 1.165) is 24.2 Å². The van der Waals surface area contributed by atoms with Crippen LogP contribution in [0.25, 0.3) is 5.69 Å². The summed E-state index contributed by atoms with van der Waals surface area (Å²) in [4.78, 5) is 12.0. The van der Waals surface area contributed by atoms with Gasteiger partial charge in [0.25, 0.3) is 0 Å². The van der Waals surface area contributed by atoms with Crippen molar-refractivity contribution in [3.8, 4) is 5.69 Å². The number of nitrogens with two attached hydrogens (primary N) is 1. The zero-order valence-corrected chi connectivity index (χ0v) is 11.6. The first-order valence-electron chi connectivity index (χ1n) is 6.85. The van der Waals surface area contributed by atoms with E-state index in [9.17, 15) is 4.79 Å². The van der Waals surface area contributed by atoms with E-state index < -0.39 is 0 Å².